The van der Waals surface area contributed by atoms with Crippen LogP contribution in [-0.4, -0.2) is 20.2 Å². The molecule has 0 radical (unpaired) electrons. The maximum absolute atomic E-state index is 13.4. The minimum Gasteiger partial charge on any atom is -0.497 e. The molecule has 0 saturated carbocycles. The summed E-state index contributed by atoms with van der Waals surface area (Å²) in [7, 11) is 3.06. The van der Waals surface area contributed by atoms with Gasteiger partial charge in [0.05, 0.1) is 26.5 Å². The van der Waals surface area contributed by atoms with Crippen molar-refractivity contribution in [1.29, 1.82) is 0 Å². The second-order valence-corrected chi connectivity index (χ2v) is 4.53. The zero-order valence-corrected chi connectivity index (χ0v) is 15.2. The van der Waals surface area contributed by atoms with Gasteiger partial charge in [-0.3, -0.25) is 0 Å². The largest absolute Gasteiger partial charge is 0.497 e. The minimum atomic E-state index is -0.374. The molecule has 0 atom stereocenters. The van der Waals surface area contributed by atoms with Crippen molar-refractivity contribution in [3.8, 4) is 11.5 Å². The molecule has 2 rings (SSSR count). The molecular formula is C16H19FIN3O2. The number of hydrogen-bond acceptors (Lipinski definition) is 3. The number of rotatable bonds is 5. The average Bonchev–Trinajstić information content (AvgIpc) is 2.53. The number of guanidine groups is 1. The van der Waals surface area contributed by atoms with Gasteiger partial charge in [0.15, 0.2) is 5.96 Å². The van der Waals surface area contributed by atoms with Gasteiger partial charge in [-0.05, 0) is 29.8 Å². The molecular weight excluding hydrogens is 412 g/mol. The molecule has 7 heteroatoms. The third kappa shape index (κ3) is 5.59. The first-order chi connectivity index (χ1) is 10.6. The van der Waals surface area contributed by atoms with Crippen LogP contribution in [-0.2, 0) is 6.54 Å². The maximum Gasteiger partial charge on any atom is 0.193 e. The maximum atomic E-state index is 13.4. The van der Waals surface area contributed by atoms with Crippen LogP contribution >= 0.6 is 24.0 Å². The molecule has 0 spiro atoms. The molecule has 0 aliphatic carbocycles. The molecule has 2 aromatic rings. The van der Waals surface area contributed by atoms with Crippen molar-refractivity contribution in [3.63, 3.8) is 0 Å². The van der Waals surface area contributed by atoms with Crippen LogP contribution in [0.5, 0.6) is 11.5 Å². The lowest BCUT2D eigenvalue weighted by atomic mass is 10.2. The molecule has 0 aliphatic heterocycles. The zero-order chi connectivity index (χ0) is 15.9. The number of hydrogen-bond donors (Lipinski definition) is 2. The monoisotopic (exact) mass is 431 g/mol. The molecule has 0 aliphatic rings. The van der Waals surface area contributed by atoms with Gasteiger partial charge in [0.2, 0.25) is 0 Å². The molecule has 23 heavy (non-hydrogen) atoms. The number of aliphatic imine (C=N–C) groups is 1. The molecule has 0 aromatic heterocycles. The van der Waals surface area contributed by atoms with Crippen LogP contribution in [0.2, 0.25) is 0 Å². The van der Waals surface area contributed by atoms with E-state index < -0.39 is 0 Å². The Balaban J connectivity index is 0.00000264. The van der Waals surface area contributed by atoms with Gasteiger partial charge in [-0.2, -0.15) is 0 Å². The fraction of sp³-hybridized carbons (Fsp3) is 0.188. The van der Waals surface area contributed by atoms with E-state index >= 15 is 0 Å². The van der Waals surface area contributed by atoms with Gasteiger partial charge in [0.25, 0.3) is 0 Å². The third-order valence-corrected chi connectivity index (χ3v) is 2.97. The number of nitrogens with two attached hydrogens (primary N) is 1. The summed E-state index contributed by atoms with van der Waals surface area (Å²) in [6.45, 7) is 0.238. The summed E-state index contributed by atoms with van der Waals surface area (Å²) in [5.74, 6) is 0.947. The van der Waals surface area contributed by atoms with Crippen LogP contribution in [0.15, 0.2) is 47.5 Å². The predicted molar refractivity (Wildman–Crippen MR) is 100 cm³/mol. The van der Waals surface area contributed by atoms with Gasteiger partial charge in [-0.15, -0.1) is 24.0 Å². The van der Waals surface area contributed by atoms with Crippen molar-refractivity contribution in [3.05, 3.63) is 53.8 Å². The highest BCUT2D eigenvalue weighted by Gasteiger charge is 2.04. The quantitative estimate of drug-likeness (QED) is 0.433. The van der Waals surface area contributed by atoms with Crippen molar-refractivity contribution in [1.82, 2.24) is 0 Å². The van der Waals surface area contributed by atoms with Crippen LogP contribution in [0, 0.1) is 5.82 Å². The SMILES string of the molecule is COc1cc(F)cc(CN=C(N)Nc2ccccc2OC)c1.I. The Hall–Kier alpha value is -2.03. The molecule has 0 unspecified atom stereocenters. The smallest absolute Gasteiger partial charge is 0.193 e. The minimum absolute atomic E-state index is 0. The van der Waals surface area contributed by atoms with Crippen molar-refractivity contribution in [2.75, 3.05) is 19.5 Å². The van der Waals surface area contributed by atoms with E-state index in [1.54, 1.807) is 13.2 Å². The lowest BCUT2D eigenvalue weighted by Crippen LogP contribution is -2.22. The topological polar surface area (TPSA) is 68.9 Å². The standard InChI is InChI=1S/C16H18FN3O2.HI/c1-21-13-8-11(7-12(17)9-13)10-19-16(18)20-14-5-3-4-6-15(14)22-2;/h3-9H,10H2,1-2H3,(H3,18,19,20);1H. The average molecular weight is 431 g/mol. The highest BCUT2D eigenvalue weighted by atomic mass is 127. The van der Waals surface area contributed by atoms with Crippen molar-refractivity contribution in [2.45, 2.75) is 6.54 Å². The first-order valence-electron chi connectivity index (χ1n) is 6.66. The number of benzene rings is 2. The number of halogens is 2. The van der Waals surface area contributed by atoms with E-state index in [1.807, 2.05) is 24.3 Å². The Morgan fingerprint density at radius 1 is 1.17 bits per heavy atom. The summed E-state index contributed by atoms with van der Waals surface area (Å²) in [4.78, 5) is 4.19. The fourth-order valence-corrected chi connectivity index (χ4v) is 1.93. The third-order valence-electron chi connectivity index (χ3n) is 2.97. The summed E-state index contributed by atoms with van der Waals surface area (Å²) >= 11 is 0. The van der Waals surface area contributed by atoms with Crippen LogP contribution in [0.4, 0.5) is 10.1 Å². The summed E-state index contributed by atoms with van der Waals surface area (Å²) in [6.07, 6.45) is 0. The second kappa shape index (κ2) is 9.19. The van der Waals surface area contributed by atoms with Crippen LogP contribution in [0.3, 0.4) is 0 Å². The van der Waals surface area contributed by atoms with Crippen LogP contribution in [0.25, 0.3) is 0 Å². The van der Waals surface area contributed by atoms with Gasteiger partial charge >= 0.3 is 0 Å². The number of nitrogens with one attached hydrogen (secondary N) is 1. The molecule has 2 aromatic carbocycles. The van der Waals surface area contributed by atoms with E-state index in [1.165, 1.54) is 19.2 Å². The first kappa shape index (κ1) is 19.0. The van der Waals surface area contributed by atoms with E-state index in [0.717, 1.165) is 0 Å². The summed E-state index contributed by atoms with van der Waals surface area (Å²) in [6, 6.07) is 11.8. The molecule has 0 heterocycles. The first-order valence-corrected chi connectivity index (χ1v) is 6.66. The molecule has 3 N–H and O–H groups in total. The zero-order valence-electron chi connectivity index (χ0n) is 12.9. The molecule has 0 amide bonds. The lowest BCUT2D eigenvalue weighted by molar-refractivity contribution is 0.410. The normalized spacial score (nSPS) is 10.7. The Kier molecular flexibility index (Phi) is 7.60. The van der Waals surface area contributed by atoms with Crippen molar-refractivity contribution >= 4 is 35.6 Å². The number of methoxy groups -OCH3 is 2. The molecule has 0 bridgehead atoms. The highest BCUT2D eigenvalue weighted by Crippen LogP contribution is 2.22. The Morgan fingerprint density at radius 3 is 2.61 bits per heavy atom. The fourth-order valence-electron chi connectivity index (χ4n) is 1.93. The van der Waals surface area contributed by atoms with Gasteiger partial charge < -0.3 is 20.5 Å². The number of nitrogens with zero attached hydrogens (tertiary/aromatic N) is 1. The van der Waals surface area contributed by atoms with E-state index in [-0.39, 0.29) is 42.3 Å². The van der Waals surface area contributed by atoms with Gasteiger partial charge in [-0.1, -0.05) is 12.1 Å². The molecule has 5 nitrogen and oxygen atoms in total. The Morgan fingerprint density at radius 2 is 1.91 bits per heavy atom. The number of ether oxygens (including phenoxy) is 2. The molecule has 0 saturated heterocycles. The van der Waals surface area contributed by atoms with Crippen molar-refractivity contribution in [2.24, 2.45) is 10.7 Å². The lowest BCUT2D eigenvalue weighted by Gasteiger charge is -2.10. The van der Waals surface area contributed by atoms with Gasteiger partial charge in [-0.25, -0.2) is 9.38 Å². The van der Waals surface area contributed by atoms with E-state index in [9.17, 15) is 4.39 Å². The summed E-state index contributed by atoms with van der Waals surface area (Å²) < 4.78 is 23.6. The van der Waals surface area contributed by atoms with E-state index in [2.05, 4.69) is 10.3 Å². The number of anilines is 1. The predicted octanol–water partition coefficient (Wildman–Crippen LogP) is 3.39. The van der Waals surface area contributed by atoms with Gasteiger partial charge in [0, 0.05) is 6.07 Å². The van der Waals surface area contributed by atoms with Crippen LogP contribution in [0.1, 0.15) is 5.56 Å². The van der Waals surface area contributed by atoms with Crippen LogP contribution < -0.4 is 20.5 Å². The summed E-state index contributed by atoms with van der Waals surface area (Å²) in [5, 5.41) is 2.95. The van der Waals surface area contributed by atoms with E-state index in [4.69, 9.17) is 15.2 Å². The molecule has 0 fully saturated rings. The second-order valence-electron chi connectivity index (χ2n) is 4.53. The van der Waals surface area contributed by atoms with Gasteiger partial charge in [0.1, 0.15) is 17.3 Å². The Labute approximate surface area is 151 Å². The van der Waals surface area contributed by atoms with E-state index in [0.29, 0.717) is 22.7 Å². The number of para-hydroxylation sites is 2. The molecule has 124 valence electrons. The Bertz CT molecular complexity index is 680. The summed E-state index contributed by atoms with van der Waals surface area (Å²) in [5.41, 5.74) is 7.22. The highest BCUT2D eigenvalue weighted by molar-refractivity contribution is 14.0. The van der Waals surface area contributed by atoms with Crippen molar-refractivity contribution < 1.29 is 13.9 Å².